The van der Waals surface area contributed by atoms with Gasteiger partial charge in [0.2, 0.25) is 0 Å². The van der Waals surface area contributed by atoms with E-state index in [9.17, 15) is 9.59 Å². The second-order valence-corrected chi connectivity index (χ2v) is 4.22. The summed E-state index contributed by atoms with van der Waals surface area (Å²) in [5.41, 5.74) is 1.04. The first-order chi connectivity index (χ1) is 9.08. The summed E-state index contributed by atoms with van der Waals surface area (Å²) in [6.45, 7) is 0. The molecule has 0 heterocycles. The van der Waals surface area contributed by atoms with Crippen LogP contribution in [0.1, 0.15) is 20.7 Å². The van der Waals surface area contributed by atoms with Gasteiger partial charge in [-0.2, -0.15) is 0 Å². The molecule has 1 amide bonds. The van der Waals surface area contributed by atoms with E-state index in [0.717, 1.165) is 0 Å². The zero-order valence-corrected chi connectivity index (χ0v) is 10.5. The molecule has 0 spiro atoms. The van der Waals surface area contributed by atoms with E-state index >= 15 is 0 Å². The molecule has 2 N–H and O–H groups in total. The molecule has 2 aromatic carbocycles. The van der Waals surface area contributed by atoms with Crippen molar-refractivity contribution in [1.82, 2.24) is 0 Å². The van der Waals surface area contributed by atoms with E-state index in [-0.39, 0.29) is 11.5 Å². The van der Waals surface area contributed by atoms with Crippen LogP contribution >= 0.6 is 11.6 Å². The highest BCUT2D eigenvalue weighted by atomic mass is 35.5. The van der Waals surface area contributed by atoms with Gasteiger partial charge in [0.15, 0.2) is 0 Å². The van der Waals surface area contributed by atoms with E-state index < -0.39 is 5.97 Å². The smallest absolute Gasteiger partial charge is 0.335 e. The molecule has 19 heavy (non-hydrogen) atoms. The number of halogens is 1. The summed E-state index contributed by atoms with van der Waals surface area (Å²) in [5.74, 6) is -1.35. The minimum atomic E-state index is -1.01. The van der Waals surface area contributed by atoms with Crippen LogP contribution in [-0.2, 0) is 0 Å². The lowest BCUT2D eigenvalue weighted by Crippen LogP contribution is -2.12. The van der Waals surface area contributed by atoms with Crippen molar-refractivity contribution < 1.29 is 14.7 Å². The van der Waals surface area contributed by atoms with Crippen LogP contribution in [-0.4, -0.2) is 17.0 Å². The highest BCUT2D eigenvalue weighted by Gasteiger charge is 2.10. The molecule has 4 nitrogen and oxygen atoms in total. The number of hydrogen-bond donors (Lipinski definition) is 2. The summed E-state index contributed by atoms with van der Waals surface area (Å²) in [7, 11) is 0. The first-order valence-electron chi connectivity index (χ1n) is 5.47. The summed E-state index contributed by atoms with van der Waals surface area (Å²) in [5, 5.41) is 11.8. The third-order valence-corrected chi connectivity index (χ3v) is 2.84. The molecule has 0 saturated heterocycles. The van der Waals surface area contributed by atoms with Crippen LogP contribution in [0.15, 0.2) is 48.5 Å². The third kappa shape index (κ3) is 3.11. The van der Waals surface area contributed by atoms with Crippen molar-refractivity contribution in [2.75, 3.05) is 5.32 Å². The second kappa shape index (κ2) is 5.54. The number of rotatable bonds is 3. The standard InChI is InChI=1S/C14H10ClNO3/c15-12-4-2-1-3-11(12)13(17)16-10-7-5-9(6-8-10)14(18)19/h1-8H,(H,16,17)(H,18,19). The second-order valence-electron chi connectivity index (χ2n) is 3.82. The highest BCUT2D eigenvalue weighted by molar-refractivity contribution is 6.34. The molecule has 0 aliphatic heterocycles. The van der Waals surface area contributed by atoms with Crippen molar-refractivity contribution in [3.63, 3.8) is 0 Å². The van der Waals surface area contributed by atoms with Gasteiger partial charge in [-0.15, -0.1) is 0 Å². The lowest BCUT2D eigenvalue weighted by atomic mass is 10.2. The fourth-order valence-corrected chi connectivity index (χ4v) is 1.76. The van der Waals surface area contributed by atoms with Gasteiger partial charge in [0, 0.05) is 5.69 Å². The number of carbonyl (C=O) groups excluding carboxylic acids is 1. The molecule has 2 rings (SSSR count). The lowest BCUT2D eigenvalue weighted by molar-refractivity contribution is 0.0696. The van der Waals surface area contributed by atoms with Crippen molar-refractivity contribution in [2.24, 2.45) is 0 Å². The molecule has 0 aliphatic rings. The molecule has 0 radical (unpaired) electrons. The zero-order chi connectivity index (χ0) is 13.8. The summed E-state index contributed by atoms with van der Waals surface area (Å²) in [4.78, 5) is 22.6. The van der Waals surface area contributed by atoms with Gasteiger partial charge in [0.25, 0.3) is 5.91 Å². The Morgan fingerprint density at radius 1 is 1.00 bits per heavy atom. The molecular weight excluding hydrogens is 266 g/mol. The largest absolute Gasteiger partial charge is 0.478 e. The Balaban J connectivity index is 2.15. The summed E-state index contributed by atoms with van der Waals surface area (Å²) >= 11 is 5.91. The van der Waals surface area contributed by atoms with Crippen LogP contribution in [0, 0.1) is 0 Å². The van der Waals surface area contributed by atoms with Gasteiger partial charge in [-0.1, -0.05) is 23.7 Å². The molecule has 2 aromatic rings. The predicted molar refractivity (Wildman–Crippen MR) is 72.8 cm³/mol. The van der Waals surface area contributed by atoms with Crippen LogP contribution in [0.2, 0.25) is 5.02 Å². The molecule has 96 valence electrons. The van der Waals surface area contributed by atoms with Gasteiger partial charge < -0.3 is 10.4 Å². The monoisotopic (exact) mass is 275 g/mol. The molecule has 0 aromatic heterocycles. The number of carboxylic acids is 1. The average Bonchev–Trinajstić information content (AvgIpc) is 2.39. The maximum Gasteiger partial charge on any atom is 0.335 e. The Bertz CT molecular complexity index is 623. The minimum absolute atomic E-state index is 0.163. The quantitative estimate of drug-likeness (QED) is 0.903. The number of anilines is 1. The predicted octanol–water partition coefficient (Wildman–Crippen LogP) is 3.29. The van der Waals surface area contributed by atoms with E-state index in [2.05, 4.69) is 5.32 Å². The zero-order valence-electron chi connectivity index (χ0n) is 9.76. The summed E-state index contributed by atoms with van der Waals surface area (Å²) < 4.78 is 0. The Labute approximate surface area is 114 Å². The number of nitrogens with one attached hydrogen (secondary N) is 1. The molecule has 0 fully saturated rings. The topological polar surface area (TPSA) is 66.4 Å². The number of carbonyl (C=O) groups is 2. The number of amides is 1. The van der Waals surface area contributed by atoms with Gasteiger partial charge in [-0.3, -0.25) is 4.79 Å². The van der Waals surface area contributed by atoms with E-state index in [1.807, 2.05) is 0 Å². The molecule has 5 heteroatoms. The van der Waals surface area contributed by atoms with Crippen LogP contribution in [0.25, 0.3) is 0 Å². The van der Waals surface area contributed by atoms with Crippen LogP contribution in [0.4, 0.5) is 5.69 Å². The van der Waals surface area contributed by atoms with Crippen molar-refractivity contribution in [3.05, 3.63) is 64.7 Å². The number of carboxylic acid groups (broad SMARTS) is 1. The van der Waals surface area contributed by atoms with Gasteiger partial charge in [-0.25, -0.2) is 4.79 Å². The fraction of sp³-hybridized carbons (Fsp3) is 0. The average molecular weight is 276 g/mol. The van der Waals surface area contributed by atoms with Gasteiger partial charge >= 0.3 is 5.97 Å². The number of benzene rings is 2. The SMILES string of the molecule is O=C(O)c1ccc(NC(=O)c2ccccc2Cl)cc1. The minimum Gasteiger partial charge on any atom is -0.478 e. The van der Waals surface area contributed by atoms with E-state index in [0.29, 0.717) is 16.3 Å². The Morgan fingerprint density at radius 3 is 2.21 bits per heavy atom. The lowest BCUT2D eigenvalue weighted by Gasteiger charge is -2.06. The maximum atomic E-state index is 11.9. The van der Waals surface area contributed by atoms with Gasteiger partial charge in [0.1, 0.15) is 0 Å². The molecule has 0 unspecified atom stereocenters. The van der Waals surface area contributed by atoms with Crippen LogP contribution < -0.4 is 5.32 Å². The normalized spacial score (nSPS) is 9.95. The first-order valence-corrected chi connectivity index (χ1v) is 5.85. The van der Waals surface area contributed by atoms with Crippen molar-refractivity contribution in [2.45, 2.75) is 0 Å². The highest BCUT2D eigenvalue weighted by Crippen LogP contribution is 2.17. The van der Waals surface area contributed by atoms with Gasteiger partial charge in [-0.05, 0) is 36.4 Å². The Morgan fingerprint density at radius 2 is 1.63 bits per heavy atom. The molecule has 0 atom stereocenters. The van der Waals surface area contributed by atoms with Crippen molar-refractivity contribution in [1.29, 1.82) is 0 Å². The molecule has 0 bridgehead atoms. The summed E-state index contributed by atoms with van der Waals surface area (Å²) in [6.07, 6.45) is 0. The van der Waals surface area contributed by atoms with Crippen molar-refractivity contribution >= 4 is 29.2 Å². The Hall–Kier alpha value is -2.33. The Kier molecular flexibility index (Phi) is 3.82. The summed E-state index contributed by atoms with van der Waals surface area (Å²) in [6, 6.07) is 12.6. The molecule has 0 saturated carbocycles. The van der Waals surface area contributed by atoms with Crippen molar-refractivity contribution in [3.8, 4) is 0 Å². The molecule has 0 aliphatic carbocycles. The van der Waals surface area contributed by atoms with E-state index in [4.69, 9.17) is 16.7 Å². The first kappa shape index (κ1) is 13.1. The van der Waals surface area contributed by atoms with Crippen LogP contribution in [0.5, 0.6) is 0 Å². The fourth-order valence-electron chi connectivity index (χ4n) is 1.54. The van der Waals surface area contributed by atoms with Gasteiger partial charge in [0.05, 0.1) is 16.1 Å². The van der Waals surface area contributed by atoms with Crippen LogP contribution in [0.3, 0.4) is 0 Å². The molecular formula is C14H10ClNO3. The number of aromatic carboxylic acids is 1. The maximum absolute atomic E-state index is 11.9. The third-order valence-electron chi connectivity index (χ3n) is 2.51. The van der Waals surface area contributed by atoms with E-state index in [1.165, 1.54) is 24.3 Å². The number of hydrogen-bond acceptors (Lipinski definition) is 2. The van der Waals surface area contributed by atoms with E-state index in [1.54, 1.807) is 24.3 Å².